The zero-order valence-corrected chi connectivity index (χ0v) is 20.1. The molecule has 3 aromatic carbocycles. The minimum atomic E-state index is 0.104. The number of benzene rings is 3. The molecule has 0 aromatic heterocycles. The molecule has 1 aliphatic rings. The van der Waals surface area contributed by atoms with Gasteiger partial charge >= 0.3 is 0 Å². The molecule has 1 heterocycles. The lowest BCUT2D eigenvalue weighted by Gasteiger charge is -2.47. The van der Waals surface area contributed by atoms with E-state index in [0.717, 1.165) is 30.9 Å². The number of Topliss-reactive ketones (excluding diaryl/α,β-unsaturated/α-hetero) is 1. The second kappa shape index (κ2) is 10.3. The molecule has 0 unspecified atom stereocenters. The number of hydrogen-bond acceptors (Lipinski definition) is 4. The molecule has 33 heavy (non-hydrogen) atoms. The van der Waals surface area contributed by atoms with E-state index in [1.54, 1.807) is 14.0 Å². The molecular formula is C29H34N2O2. The Morgan fingerprint density at radius 3 is 2.12 bits per heavy atom. The fourth-order valence-electron chi connectivity index (χ4n) is 4.88. The first-order valence-electron chi connectivity index (χ1n) is 11.7. The second-order valence-corrected chi connectivity index (χ2v) is 9.16. The van der Waals surface area contributed by atoms with Gasteiger partial charge in [-0.2, -0.15) is 0 Å². The third-order valence-corrected chi connectivity index (χ3v) is 6.79. The van der Waals surface area contributed by atoms with Crippen molar-refractivity contribution in [3.8, 4) is 5.75 Å². The number of carbonyl (C=O) groups excluding carboxylic acids is 1. The molecule has 4 rings (SSSR count). The fourth-order valence-corrected chi connectivity index (χ4v) is 4.88. The molecule has 0 aliphatic carbocycles. The fraction of sp³-hybridized carbons (Fsp3) is 0.345. The van der Waals surface area contributed by atoms with Crippen molar-refractivity contribution in [2.24, 2.45) is 0 Å². The van der Waals surface area contributed by atoms with Crippen LogP contribution < -0.4 is 4.74 Å². The molecule has 0 spiro atoms. The molecule has 1 fully saturated rings. The quantitative estimate of drug-likeness (QED) is 0.447. The predicted molar refractivity (Wildman–Crippen MR) is 134 cm³/mol. The zero-order valence-electron chi connectivity index (χ0n) is 20.1. The highest BCUT2D eigenvalue weighted by molar-refractivity contribution is 5.94. The topological polar surface area (TPSA) is 32.8 Å². The first-order valence-corrected chi connectivity index (χ1v) is 11.7. The van der Waals surface area contributed by atoms with Crippen molar-refractivity contribution in [3.63, 3.8) is 0 Å². The van der Waals surface area contributed by atoms with E-state index in [-0.39, 0.29) is 11.8 Å². The van der Waals surface area contributed by atoms with Crippen molar-refractivity contribution in [3.05, 3.63) is 101 Å². The molecule has 4 nitrogen and oxygen atoms in total. The Morgan fingerprint density at radius 1 is 0.879 bits per heavy atom. The summed E-state index contributed by atoms with van der Waals surface area (Å²) in [7, 11) is 1.70. The molecule has 1 saturated heterocycles. The van der Waals surface area contributed by atoms with Crippen molar-refractivity contribution in [2.75, 3.05) is 20.2 Å². The van der Waals surface area contributed by atoms with Gasteiger partial charge in [0.05, 0.1) is 13.2 Å². The van der Waals surface area contributed by atoms with E-state index < -0.39 is 0 Å². The zero-order chi connectivity index (χ0) is 23.4. The van der Waals surface area contributed by atoms with Crippen LogP contribution in [0.15, 0.2) is 78.9 Å². The van der Waals surface area contributed by atoms with E-state index in [1.807, 2.05) is 24.3 Å². The van der Waals surface area contributed by atoms with E-state index in [2.05, 4.69) is 78.2 Å². The third kappa shape index (κ3) is 5.35. The molecule has 4 heteroatoms. The number of ketones is 1. The average molecular weight is 443 g/mol. The summed E-state index contributed by atoms with van der Waals surface area (Å²) in [6, 6.07) is 28.2. The lowest BCUT2D eigenvalue weighted by molar-refractivity contribution is 0.0195. The maximum atomic E-state index is 11.8. The predicted octanol–water partition coefficient (Wildman–Crippen LogP) is 5.58. The van der Waals surface area contributed by atoms with Crippen LogP contribution in [0.5, 0.6) is 5.75 Å². The molecular weight excluding hydrogens is 408 g/mol. The van der Waals surface area contributed by atoms with Crippen molar-refractivity contribution in [1.82, 2.24) is 9.80 Å². The van der Waals surface area contributed by atoms with Crippen molar-refractivity contribution in [1.29, 1.82) is 0 Å². The summed E-state index contributed by atoms with van der Waals surface area (Å²) in [6.45, 7) is 9.19. The number of ether oxygens (including phenoxy) is 1. The Balaban J connectivity index is 1.57. The number of piperazine rings is 1. The smallest absolute Gasteiger partial charge is 0.159 e. The second-order valence-electron chi connectivity index (χ2n) is 9.16. The number of hydrogen-bond donors (Lipinski definition) is 0. The minimum Gasteiger partial charge on any atom is -0.497 e. The first kappa shape index (κ1) is 23.2. The lowest BCUT2D eigenvalue weighted by atomic mass is 9.92. The normalized spacial score (nSPS) is 20.4. The van der Waals surface area contributed by atoms with Gasteiger partial charge in [-0.1, -0.05) is 66.7 Å². The van der Waals surface area contributed by atoms with Crippen LogP contribution in [-0.2, 0) is 6.54 Å². The van der Waals surface area contributed by atoms with Gasteiger partial charge in [0.25, 0.3) is 0 Å². The summed E-state index contributed by atoms with van der Waals surface area (Å²) < 4.78 is 5.30. The highest BCUT2D eigenvalue weighted by Crippen LogP contribution is 2.34. The van der Waals surface area contributed by atoms with Crippen molar-refractivity contribution >= 4 is 5.78 Å². The molecule has 0 amide bonds. The molecule has 1 aliphatic heterocycles. The molecule has 0 radical (unpaired) electrons. The summed E-state index contributed by atoms with van der Waals surface area (Å²) in [5, 5.41) is 0. The molecule has 3 aromatic rings. The Morgan fingerprint density at radius 2 is 1.52 bits per heavy atom. The molecule has 0 bridgehead atoms. The van der Waals surface area contributed by atoms with Gasteiger partial charge in [0, 0.05) is 37.3 Å². The monoisotopic (exact) mass is 442 g/mol. The summed E-state index contributed by atoms with van der Waals surface area (Å²) in [4.78, 5) is 17.0. The summed E-state index contributed by atoms with van der Waals surface area (Å²) in [6.07, 6.45) is 0. The van der Waals surface area contributed by atoms with Crippen LogP contribution in [0.1, 0.15) is 53.9 Å². The van der Waals surface area contributed by atoms with Crippen molar-refractivity contribution in [2.45, 2.75) is 45.4 Å². The summed E-state index contributed by atoms with van der Waals surface area (Å²) in [5.74, 6) is 0.999. The van der Waals surface area contributed by atoms with Gasteiger partial charge in [-0.25, -0.2) is 0 Å². The maximum Gasteiger partial charge on any atom is 0.159 e. The largest absolute Gasteiger partial charge is 0.497 e. The van der Waals surface area contributed by atoms with Gasteiger partial charge in [0.2, 0.25) is 0 Å². The van der Waals surface area contributed by atoms with Gasteiger partial charge in [-0.15, -0.1) is 0 Å². The Bertz CT molecular complexity index is 1050. The van der Waals surface area contributed by atoms with Crippen molar-refractivity contribution < 1.29 is 9.53 Å². The lowest BCUT2D eigenvalue weighted by Crippen LogP contribution is -2.56. The van der Waals surface area contributed by atoms with Crippen LogP contribution in [0.4, 0.5) is 0 Å². The summed E-state index contributed by atoms with van der Waals surface area (Å²) >= 11 is 0. The number of carbonyl (C=O) groups is 1. The molecule has 0 N–H and O–H groups in total. The van der Waals surface area contributed by atoms with Gasteiger partial charge < -0.3 is 4.74 Å². The number of nitrogens with zero attached hydrogens (tertiary/aromatic N) is 2. The maximum absolute atomic E-state index is 11.8. The van der Waals surface area contributed by atoms with E-state index in [9.17, 15) is 4.79 Å². The van der Waals surface area contributed by atoms with Crippen LogP contribution in [0, 0.1) is 0 Å². The SMILES string of the molecule is COc1ccc(CN2C[C@H](C)N([C@H](c3ccccc3)c3ccc(C(C)=O)cc3)C[C@H]2C)cc1. The van der Waals surface area contributed by atoms with E-state index in [4.69, 9.17) is 4.74 Å². The summed E-state index contributed by atoms with van der Waals surface area (Å²) in [5.41, 5.74) is 4.59. The van der Waals surface area contributed by atoms with Gasteiger partial charge in [0.1, 0.15) is 5.75 Å². The highest BCUT2D eigenvalue weighted by atomic mass is 16.5. The third-order valence-electron chi connectivity index (χ3n) is 6.79. The Labute approximate surface area is 197 Å². The highest BCUT2D eigenvalue weighted by Gasteiger charge is 2.34. The van der Waals surface area contributed by atoms with E-state index in [1.165, 1.54) is 16.7 Å². The standard InChI is InChI=1S/C29H34N2O2/c1-21-19-31(22(2)18-30(21)20-24-10-16-28(33-4)17-11-24)29(26-8-6-5-7-9-26)27-14-12-25(13-15-27)23(3)32/h5-17,21-22,29H,18-20H2,1-4H3/t21-,22+,29-/m1/s1. The van der Waals surface area contributed by atoms with E-state index >= 15 is 0 Å². The minimum absolute atomic E-state index is 0.104. The molecule has 3 atom stereocenters. The Kier molecular flexibility index (Phi) is 7.26. The van der Waals surface area contributed by atoms with Crippen LogP contribution in [0.2, 0.25) is 0 Å². The van der Waals surface area contributed by atoms with Crippen LogP contribution in [0.25, 0.3) is 0 Å². The van der Waals surface area contributed by atoms with E-state index in [0.29, 0.717) is 12.1 Å². The Hall–Kier alpha value is -2.95. The average Bonchev–Trinajstić information content (AvgIpc) is 2.84. The first-order chi connectivity index (χ1) is 16.0. The van der Waals surface area contributed by atoms with Gasteiger partial charge in [-0.05, 0) is 49.6 Å². The van der Waals surface area contributed by atoms with Gasteiger partial charge in [-0.3, -0.25) is 14.6 Å². The van der Waals surface area contributed by atoms with Gasteiger partial charge in [0.15, 0.2) is 5.78 Å². The van der Waals surface area contributed by atoms with Crippen LogP contribution in [-0.4, -0.2) is 47.9 Å². The van der Waals surface area contributed by atoms with Crippen LogP contribution >= 0.6 is 0 Å². The van der Waals surface area contributed by atoms with Crippen LogP contribution in [0.3, 0.4) is 0 Å². The molecule has 172 valence electrons. The molecule has 0 saturated carbocycles. The number of rotatable bonds is 7. The number of methoxy groups -OCH3 is 1.